The molecule has 0 aliphatic heterocycles. The van der Waals surface area contributed by atoms with Gasteiger partial charge in [0, 0.05) is 19.8 Å². The highest BCUT2D eigenvalue weighted by atomic mass is 28.3. The molecule has 0 N–H and O–H groups in total. The Morgan fingerprint density at radius 3 is 1.67 bits per heavy atom. The van der Waals surface area contributed by atoms with Gasteiger partial charge in [0.2, 0.25) is 0 Å². The summed E-state index contributed by atoms with van der Waals surface area (Å²) < 4.78 is 21.4. The highest BCUT2D eigenvalue weighted by molar-refractivity contribution is 6.47. The van der Waals surface area contributed by atoms with E-state index in [0.29, 0.717) is 0 Å². The summed E-state index contributed by atoms with van der Waals surface area (Å²) in [5, 5.41) is 0. The van der Waals surface area contributed by atoms with E-state index in [4.69, 9.17) is 18.3 Å². The van der Waals surface area contributed by atoms with E-state index in [-0.39, 0.29) is 18.1 Å². The van der Waals surface area contributed by atoms with E-state index in [0.717, 1.165) is 0 Å². The molecule has 0 aliphatic rings. The maximum absolute atomic E-state index is 5.67. The number of rotatable bonds is 8. The summed E-state index contributed by atoms with van der Waals surface area (Å²) in [5.74, 6) is 0. The van der Waals surface area contributed by atoms with Crippen LogP contribution in [-0.4, -0.2) is 36.1 Å². The van der Waals surface area contributed by atoms with Gasteiger partial charge in [0.25, 0.3) is 0 Å². The fourth-order valence-corrected chi connectivity index (χ4v) is 2.64. The molecule has 0 aromatic heterocycles. The van der Waals surface area contributed by atoms with Crippen LogP contribution in [0.25, 0.3) is 0 Å². The second-order valence-corrected chi connectivity index (χ2v) is 5.67. The number of hydrogen-bond acceptors (Lipinski definition) is 4. The van der Waals surface area contributed by atoms with Gasteiger partial charge in [-0.1, -0.05) is 13.0 Å². The van der Waals surface area contributed by atoms with E-state index >= 15 is 0 Å². The van der Waals surface area contributed by atoms with E-state index in [1.165, 1.54) is 0 Å². The van der Waals surface area contributed by atoms with Gasteiger partial charge < -0.3 is 18.3 Å². The molecule has 90 valence electrons. The first kappa shape index (κ1) is 14.8. The van der Waals surface area contributed by atoms with Crippen molar-refractivity contribution in [3.8, 4) is 0 Å². The van der Waals surface area contributed by atoms with Crippen LogP contribution in [0.4, 0.5) is 0 Å². The molecule has 3 atom stereocenters. The van der Waals surface area contributed by atoms with Crippen molar-refractivity contribution in [3.05, 3.63) is 12.7 Å². The molecular weight excluding hydrogens is 212 g/mol. The minimum Gasteiger partial charge on any atom is -0.370 e. The lowest BCUT2D eigenvalue weighted by Crippen LogP contribution is -2.35. The first-order chi connectivity index (χ1) is 7.04. The summed E-state index contributed by atoms with van der Waals surface area (Å²) in [4.78, 5) is 0. The van der Waals surface area contributed by atoms with Crippen LogP contribution in [-0.2, 0) is 18.3 Å². The predicted octanol–water partition coefficient (Wildman–Crippen LogP) is 1.80. The van der Waals surface area contributed by atoms with Crippen molar-refractivity contribution in [2.45, 2.75) is 38.9 Å². The van der Waals surface area contributed by atoms with Crippen molar-refractivity contribution < 1.29 is 18.3 Å². The van der Waals surface area contributed by atoms with Crippen LogP contribution in [0.1, 0.15) is 20.8 Å². The van der Waals surface area contributed by atoms with Crippen molar-refractivity contribution in [3.63, 3.8) is 0 Å². The zero-order chi connectivity index (χ0) is 11.8. The van der Waals surface area contributed by atoms with Crippen molar-refractivity contribution in [1.29, 1.82) is 0 Å². The van der Waals surface area contributed by atoms with E-state index in [9.17, 15) is 0 Å². The van der Waals surface area contributed by atoms with Gasteiger partial charge in [-0.3, -0.25) is 0 Å². The predicted molar refractivity (Wildman–Crippen MR) is 61.9 cm³/mol. The van der Waals surface area contributed by atoms with E-state index in [1.807, 2.05) is 26.8 Å². The molecule has 4 nitrogen and oxygen atoms in total. The molecule has 0 saturated heterocycles. The Labute approximate surface area is 94.0 Å². The average Bonchev–Trinajstić information content (AvgIpc) is 2.26. The van der Waals surface area contributed by atoms with Gasteiger partial charge in [-0.05, 0) is 13.8 Å². The maximum Gasteiger partial charge on any atom is 0.332 e. The third-order valence-electron chi connectivity index (χ3n) is 2.12. The van der Waals surface area contributed by atoms with Crippen LogP contribution >= 0.6 is 0 Å². The Bertz CT molecular complexity index is 165. The molecule has 0 spiro atoms. The minimum atomic E-state index is -1.85. The van der Waals surface area contributed by atoms with Gasteiger partial charge in [0.15, 0.2) is 0 Å². The Kier molecular flexibility index (Phi) is 7.90. The van der Waals surface area contributed by atoms with Crippen molar-refractivity contribution in [2.24, 2.45) is 0 Å². The summed E-state index contributed by atoms with van der Waals surface area (Å²) in [6, 6.07) is 0. The fraction of sp³-hybridized carbons (Fsp3) is 0.800. The lowest BCUT2D eigenvalue weighted by Gasteiger charge is -2.25. The molecule has 15 heavy (non-hydrogen) atoms. The quantitative estimate of drug-likeness (QED) is 0.364. The van der Waals surface area contributed by atoms with Gasteiger partial charge in [-0.15, -0.1) is 6.58 Å². The zero-order valence-corrected chi connectivity index (χ0v) is 11.4. The molecule has 0 heterocycles. The van der Waals surface area contributed by atoms with Gasteiger partial charge in [-0.25, -0.2) is 0 Å². The highest BCUT2D eigenvalue weighted by Crippen LogP contribution is 2.16. The largest absolute Gasteiger partial charge is 0.370 e. The summed E-state index contributed by atoms with van der Waals surface area (Å²) in [6.45, 7) is 9.45. The van der Waals surface area contributed by atoms with Crippen LogP contribution in [0.2, 0.25) is 5.54 Å². The molecule has 0 fully saturated rings. The number of hydrogen-bond donors (Lipinski definition) is 0. The second-order valence-electron chi connectivity index (χ2n) is 3.34. The van der Waals surface area contributed by atoms with E-state index in [1.54, 1.807) is 14.2 Å². The standard InChI is InChI=1S/C10H22O4Si/c1-7-8(2)15(13-9(3)11-5)14-10(4)12-6/h7-10,15H,1H2,2-6H3. The molecule has 0 aromatic carbocycles. The zero-order valence-electron chi connectivity index (χ0n) is 10.2. The Morgan fingerprint density at radius 2 is 1.40 bits per heavy atom. The fourth-order valence-electron chi connectivity index (χ4n) is 0.880. The van der Waals surface area contributed by atoms with Crippen molar-refractivity contribution >= 4 is 9.28 Å². The van der Waals surface area contributed by atoms with Crippen LogP contribution in [0.3, 0.4) is 0 Å². The smallest absolute Gasteiger partial charge is 0.332 e. The Hall–Kier alpha value is -0.203. The third-order valence-corrected chi connectivity index (χ3v) is 4.55. The maximum atomic E-state index is 5.67. The SMILES string of the molecule is C=CC(C)[SiH](OC(C)OC)OC(C)OC. The molecule has 0 radical (unpaired) electrons. The summed E-state index contributed by atoms with van der Waals surface area (Å²) in [7, 11) is 1.36. The molecule has 0 amide bonds. The van der Waals surface area contributed by atoms with Crippen LogP contribution < -0.4 is 0 Å². The van der Waals surface area contributed by atoms with Crippen LogP contribution in [0.15, 0.2) is 12.7 Å². The summed E-state index contributed by atoms with van der Waals surface area (Å²) in [5.41, 5.74) is 0.209. The molecular formula is C10H22O4Si. The first-order valence-electron chi connectivity index (χ1n) is 5.04. The highest BCUT2D eigenvalue weighted by Gasteiger charge is 2.24. The van der Waals surface area contributed by atoms with Crippen molar-refractivity contribution in [2.75, 3.05) is 14.2 Å². The molecule has 3 unspecified atom stereocenters. The molecule has 0 aromatic rings. The van der Waals surface area contributed by atoms with E-state index < -0.39 is 9.28 Å². The lowest BCUT2D eigenvalue weighted by molar-refractivity contribution is -0.0942. The van der Waals surface area contributed by atoms with Gasteiger partial charge in [-0.2, -0.15) is 0 Å². The second kappa shape index (κ2) is 8.01. The number of allylic oxidation sites excluding steroid dienone is 1. The Balaban J connectivity index is 4.23. The number of methoxy groups -OCH3 is 2. The molecule has 5 heteroatoms. The van der Waals surface area contributed by atoms with Crippen LogP contribution in [0, 0.1) is 0 Å². The monoisotopic (exact) mass is 234 g/mol. The molecule has 0 aliphatic carbocycles. The summed E-state index contributed by atoms with van der Waals surface area (Å²) >= 11 is 0. The van der Waals surface area contributed by atoms with Gasteiger partial charge >= 0.3 is 9.28 Å². The normalized spacial score (nSPS) is 19.3. The van der Waals surface area contributed by atoms with Gasteiger partial charge in [0.05, 0.1) is 0 Å². The first-order valence-corrected chi connectivity index (χ1v) is 6.65. The number of ether oxygens (including phenoxy) is 2. The van der Waals surface area contributed by atoms with Gasteiger partial charge in [0.1, 0.15) is 12.6 Å². The molecule has 0 saturated carbocycles. The summed E-state index contributed by atoms with van der Waals surface area (Å²) in [6.07, 6.45) is 1.32. The minimum absolute atomic E-state index is 0.209. The topological polar surface area (TPSA) is 36.9 Å². The average molecular weight is 234 g/mol. The van der Waals surface area contributed by atoms with Crippen LogP contribution in [0.5, 0.6) is 0 Å². The van der Waals surface area contributed by atoms with Crippen molar-refractivity contribution in [1.82, 2.24) is 0 Å². The Morgan fingerprint density at radius 1 is 1.00 bits per heavy atom. The lowest BCUT2D eigenvalue weighted by atomic mass is 10.5. The molecule has 0 rings (SSSR count). The third kappa shape index (κ3) is 6.06. The molecule has 0 bridgehead atoms. The van der Waals surface area contributed by atoms with E-state index in [2.05, 4.69) is 6.58 Å².